The number of hydrogen-bond acceptors (Lipinski definition) is 6. The molecule has 0 saturated carbocycles. The van der Waals surface area contributed by atoms with E-state index >= 15 is 0 Å². The average Bonchev–Trinajstić information content (AvgIpc) is 2.61. The van der Waals surface area contributed by atoms with Crippen LogP contribution in [0.3, 0.4) is 0 Å². The minimum Gasteiger partial charge on any atom is -0.493 e. The van der Waals surface area contributed by atoms with E-state index in [1.807, 2.05) is 0 Å². The first kappa shape index (κ1) is 17.5. The molecular formula is C18H20O6. The summed E-state index contributed by atoms with van der Waals surface area (Å²) in [6.45, 7) is 2.10. The number of carbonyl (C=O) groups is 1. The minimum absolute atomic E-state index is 0.336. The number of benzene rings is 2. The Kier molecular flexibility index (Phi) is 5.89. The molecular weight excluding hydrogens is 312 g/mol. The Bertz CT molecular complexity index is 668. The van der Waals surface area contributed by atoms with Gasteiger partial charge >= 0.3 is 5.97 Å². The fourth-order valence-corrected chi connectivity index (χ4v) is 2.13. The zero-order chi connectivity index (χ0) is 17.5. The van der Waals surface area contributed by atoms with Gasteiger partial charge in [0.1, 0.15) is 11.5 Å². The number of methoxy groups -OCH3 is 3. The van der Waals surface area contributed by atoms with Gasteiger partial charge in [0.2, 0.25) is 5.75 Å². The maximum atomic E-state index is 11.6. The molecule has 128 valence electrons. The van der Waals surface area contributed by atoms with Crippen LogP contribution in [0, 0.1) is 0 Å². The summed E-state index contributed by atoms with van der Waals surface area (Å²) >= 11 is 0. The molecule has 0 aliphatic carbocycles. The molecule has 0 heterocycles. The van der Waals surface area contributed by atoms with Crippen LogP contribution in [0.5, 0.6) is 28.7 Å². The lowest BCUT2D eigenvalue weighted by Crippen LogP contribution is -2.04. The van der Waals surface area contributed by atoms with E-state index in [1.165, 1.54) is 21.3 Å². The van der Waals surface area contributed by atoms with Crippen molar-refractivity contribution >= 4 is 5.97 Å². The van der Waals surface area contributed by atoms with E-state index in [0.29, 0.717) is 40.9 Å². The van der Waals surface area contributed by atoms with Gasteiger partial charge in [-0.2, -0.15) is 0 Å². The van der Waals surface area contributed by atoms with E-state index in [9.17, 15) is 4.79 Å². The molecule has 0 bridgehead atoms. The van der Waals surface area contributed by atoms with Gasteiger partial charge in [-0.05, 0) is 31.2 Å². The molecule has 6 heteroatoms. The quantitative estimate of drug-likeness (QED) is 0.721. The maximum Gasteiger partial charge on any atom is 0.338 e. The van der Waals surface area contributed by atoms with Crippen molar-refractivity contribution in [1.29, 1.82) is 0 Å². The number of esters is 1. The first-order valence-corrected chi connectivity index (χ1v) is 7.38. The van der Waals surface area contributed by atoms with E-state index in [1.54, 1.807) is 43.3 Å². The van der Waals surface area contributed by atoms with Crippen LogP contribution >= 0.6 is 0 Å². The standard InChI is InChI=1S/C18H20O6/c1-5-23-18(19)12-6-8-13(9-7-12)24-14-10-15(20-2)17(22-4)16(11-14)21-3/h6-11H,5H2,1-4H3. The lowest BCUT2D eigenvalue weighted by molar-refractivity contribution is 0.0526. The summed E-state index contributed by atoms with van der Waals surface area (Å²) in [5.41, 5.74) is 0.467. The molecule has 0 unspecified atom stereocenters. The Morgan fingerprint density at radius 2 is 1.46 bits per heavy atom. The third-order valence-electron chi connectivity index (χ3n) is 3.24. The Hall–Kier alpha value is -2.89. The monoisotopic (exact) mass is 332 g/mol. The largest absolute Gasteiger partial charge is 0.493 e. The summed E-state index contributed by atoms with van der Waals surface area (Å²) in [6, 6.07) is 10.1. The highest BCUT2D eigenvalue weighted by molar-refractivity contribution is 5.89. The number of hydrogen-bond donors (Lipinski definition) is 0. The normalized spacial score (nSPS) is 10.0. The van der Waals surface area contributed by atoms with Gasteiger partial charge in [-0.1, -0.05) is 0 Å². The molecule has 0 saturated heterocycles. The average molecular weight is 332 g/mol. The van der Waals surface area contributed by atoms with Gasteiger partial charge in [-0.3, -0.25) is 0 Å². The van der Waals surface area contributed by atoms with Gasteiger partial charge in [0.15, 0.2) is 11.5 Å². The van der Waals surface area contributed by atoms with Crippen molar-refractivity contribution in [2.75, 3.05) is 27.9 Å². The SMILES string of the molecule is CCOC(=O)c1ccc(Oc2cc(OC)c(OC)c(OC)c2)cc1. The zero-order valence-electron chi connectivity index (χ0n) is 14.1. The Morgan fingerprint density at radius 3 is 1.92 bits per heavy atom. The van der Waals surface area contributed by atoms with Crippen LogP contribution in [0.4, 0.5) is 0 Å². The lowest BCUT2D eigenvalue weighted by Gasteiger charge is -2.14. The number of rotatable bonds is 7. The Labute approximate surface area is 140 Å². The highest BCUT2D eigenvalue weighted by Gasteiger charge is 2.14. The molecule has 0 fully saturated rings. The van der Waals surface area contributed by atoms with Gasteiger partial charge in [0, 0.05) is 12.1 Å². The first-order valence-electron chi connectivity index (χ1n) is 7.38. The van der Waals surface area contributed by atoms with Crippen molar-refractivity contribution in [3.8, 4) is 28.7 Å². The van der Waals surface area contributed by atoms with Crippen LogP contribution in [0.15, 0.2) is 36.4 Å². The van der Waals surface area contributed by atoms with Crippen LogP contribution in [-0.4, -0.2) is 33.9 Å². The molecule has 2 aromatic rings. The second kappa shape index (κ2) is 8.10. The van der Waals surface area contributed by atoms with Crippen molar-refractivity contribution in [3.63, 3.8) is 0 Å². The molecule has 0 spiro atoms. The van der Waals surface area contributed by atoms with Gasteiger partial charge in [0.05, 0.1) is 33.5 Å². The van der Waals surface area contributed by atoms with Crippen molar-refractivity contribution in [2.45, 2.75) is 6.92 Å². The Balaban J connectivity index is 2.23. The van der Waals surface area contributed by atoms with E-state index in [4.69, 9.17) is 23.7 Å². The number of carbonyl (C=O) groups excluding carboxylic acids is 1. The van der Waals surface area contributed by atoms with Gasteiger partial charge < -0.3 is 23.7 Å². The third-order valence-corrected chi connectivity index (χ3v) is 3.24. The van der Waals surface area contributed by atoms with E-state index in [-0.39, 0.29) is 5.97 Å². The van der Waals surface area contributed by atoms with Gasteiger partial charge in [-0.25, -0.2) is 4.79 Å². The van der Waals surface area contributed by atoms with Gasteiger partial charge in [-0.15, -0.1) is 0 Å². The Morgan fingerprint density at radius 1 is 0.875 bits per heavy atom. The molecule has 0 radical (unpaired) electrons. The van der Waals surface area contributed by atoms with Crippen LogP contribution < -0.4 is 18.9 Å². The zero-order valence-corrected chi connectivity index (χ0v) is 14.1. The summed E-state index contributed by atoms with van der Waals surface area (Å²) in [5.74, 6) is 2.21. The molecule has 0 aliphatic heterocycles. The van der Waals surface area contributed by atoms with Crippen LogP contribution in [0.1, 0.15) is 17.3 Å². The van der Waals surface area contributed by atoms with Gasteiger partial charge in [0.25, 0.3) is 0 Å². The second-order valence-electron chi connectivity index (χ2n) is 4.71. The molecule has 0 aromatic heterocycles. The van der Waals surface area contributed by atoms with Crippen molar-refractivity contribution in [2.24, 2.45) is 0 Å². The smallest absolute Gasteiger partial charge is 0.338 e. The molecule has 6 nitrogen and oxygen atoms in total. The summed E-state index contributed by atoms with van der Waals surface area (Å²) in [5, 5.41) is 0. The maximum absolute atomic E-state index is 11.6. The molecule has 2 aromatic carbocycles. The number of ether oxygens (including phenoxy) is 5. The summed E-state index contributed by atoms with van der Waals surface area (Å²) in [4.78, 5) is 11.6. The topological polar surface area (TPSA) is 63.2 Å². The predicted octanol–water partition coefficient (Wildman–Crippen LogP) is 3.68. The third kappa shape index (κ3) is 3.90. The molecule has 2 rings (SSSR count). The van der Waals surface area contributed by atoms with Crippen LogP contribution in [-0.2, 0) is 4.74 Å². The molecule has 24 heavy (non-hydrogen) atoms. The molecule has 0 N–H and O–H groups in total. The summed E-state index contributed by atoms with van der Waals surface area (Å²) < 4.78 is 26.6. The van der Waals surface area contributed by atoms with Crippen molar-refractivity contribution < 1.29 is 28.5 Å². The molecule has 0 aliphatic rings. The van der Waals surface area contributed by atoms with E-state index in [2.05, 4.69) is 0 Å². The highest BCUT2D eigenvalue weighted by atomic mass is 16.5. The lowest BCUT2D eigenvalue weighted by atomic mass is 10.2. The van der Waals surface area contributed by atoms with Crippen molar-refractivity contribution in [3.05, 3.63) is 42.0 Å². The predicted molar refractivity (Wildman–Crippen MR) is 88.6 cm³/mol. The van der Waals surface area contributed by atoms with E-state index in [0.717, 1.165) is 0 Å². The first-order chi connectivity index (χ1) is 11.6. The van der Waals surface area contributed by atoms with Crippen LogP contribution in [0.2, 0.25) is 0 Å². The van der Waals surface area contributed by atoms with Crippen LogP contribution in [0.25, 0.3) is 0 Å². The van der Waals surface area contributed by atoms with Crippen molar-refractivity contribution in [1.82, 2.24) is 0 Å². The summed E-state index contributed by atoms with van der Waals surface area (Å²) in [6.07, 6.45) is 0. The fourth-order valence-electron chi connectivity index (χ4n) is 2.13. The fraction of sp³-hybridized carbons (Fsp3) is 0.278. The van der Waals surface area contributed by atoms with E-state index < -0.39 is 0 Å². The minimum atomic E-state index is -0.364. The second-order valence-corrected chi connectivity index (χ2v) is 4.71. The molecule has 0 amide bonds. The summed E-state index contributed by atoms with van der Waals surface area (Å²) in [7, 11) is 4.61. The molecule has 0 atom stereocenters. The highest BCUT2D eigenvalue weighted by Crippen LogP contribution is 2.41.